The number of terminal acetylenes is 1. The molecule has 16 nitrogen and oxygen atoms in total. The quantitative estimate of drug-likeness (QED) is 0.114. The predicted molar refractivity (Wildman–Crippen MR) is 162 cm³/mol. The van der Waals surface area contributed by atoms with Crippen molar-refractivity contribution in [1.29, 1.82) is 0 Å². The number of rotatable bonds is 13. The van der Waals surface area contributed by atoms with Crippen LogP contribution < -0.4 is 17.1 Å². The van der Waals surface area contributed by atoms with E-state index in [-0.39, 0.29) is 64.6 Å². The molecular formula is C30H34ClN5O11. The maximum absolute atomic E-state index is 12.9. The number of halogens is 1. The van der Waals surface area contributed by atoms with Crippen LogP contribution in [0.3, 0.4) is 0 Å². The standard InChI is InChI=1S/C30H34ClN5O11/c1-9-30(41-8,13-42-25(37)15(2)3)21(47-26(38)16(4)5)12-35-14-33-22-23(32-10-19-17(6)43-28(39)45-19)36(27(31)34-24(22)35)11-20-18(7)44-29(40)46-20/h1,14-16,21H,10-13H2,2-8H3/t21-,30?/m0/s1. The summed E-state index contributed by atoms with van der Waals surface area (Å²) in [5.41, 5.74) is -1.15. The third-order valence-corrected chi connectivity index (χ3v) is 7.45. The maximum atomic E-state index is 12.9. The Morgan fingerprint density at radius 3 is 2.19 bits per heavy atom. The number of nitrogens with zero attached hydrogens (tertiary/aromatic N) is 5. The fourth-order valence-corrected chi connectivity index (χ4v) is 4.55. The van der Waals surface area contributed by atoms with Crippen molar-refractivity contribution in [3.8, 4) is 12.3 Å². The van der Waals surface area contributed by atoms with Crippen LogP contribution in [0.4, 0.5) is 0 Å². The lowest BCUT2D eigenvalue weighted by atomic mass is 9.97. The number of ether oxygens (including phenoxy) is 3. The molecule has 17 heteroatoms. The minimum absolute atomic E-state index is 0.108. The first kappa shape index (κ1) is 35.0. The van der Waals surface area contributed by atoms with Crippen LogP contribution in [0.2, 0.25) is 5.28 Å². The van der Waals surface area contributed by atoms with Crippen molar-refractivity contribution < 1.29 is 41.5 Å². The summed E-state index contributed by atoms with van der Waals surface area (Å²) in [6.07, 6.45) is 6.12. The first-order chi connectivity index (χ1) is 22.2. The number of imidazole rings is 1. The largest absolute Gasteiger partial charge is 0.519 e. The Kier molecular flexibility index (Phi) is 10.6. The van der Waals surface area contributed by atoms with Crippen LogP contribution in [0, 0.1) is 38.0 Å². The SMILES string of the molecule is C#CC(COC(=O)C(C)C)(OC)[C@H](Cn1cnc2c(=NCc3oc(=O)oc3C)n(Cc3oc(=O)oc3C)c(Cl)nc21)OC(=O)C(C)C. The van der Waals surface area contributed by atoms with Gasteiger partial charge in [-0.15, -0.1) is 6.42 Å². The summed E-state index contributed by atoms with van der Waals surface area (Å²) in [7, 11) is 1.31. The van der Waals surface area contributed by atoms with Crippen LogP contribution in [-0.2, 0) is 43.4 Å². The van der Waals surface area contributed by atoms with Crippen LogP contribution in [0.15, 0.2) is 38.6 Å². The van der Waals surface area contributed by atoms with Gasteiger partial charge in [-0.05, 0) is 25.4 Å². The van der Waals surface area contributed by atoms with E-state index >= 15 is 0 Å². The Balaban J connectivity index is 1.86. The fraction of sp³-hybridized carbons (Fsp3) is 0.500. The molecule has 0 saturated heterocycles. The van der Waals surface area contributed by atoms with Crippen molar-refractivity contribution in [2.24, 2.45) is 16.8 Å². The van der Waals surface area contributed by atoms with Gasteiger partial charge < -0.3 is 36.4 Å². The van der Waals surface area contributed by atoms with Crippen LogP contribution in [0.25, 0.3) is 11.2 Å². The second kappa shape index (κ2) is 14.3. The zero-order chi connectivity index (χ0) is 34.6. The van der Waals surface area contributed by atoms with Crippen molar-refractivity contribution in [3.63, 3.8) is 0 Å². The number of aromatic nitrogens is 4. The molecule has 4 heterocycles. The summed E-state index contributed by atoms with van der Waals surface area (Å²) in [6.45, 7) is 8.84. The van der Waals surface area contributed by atoms with Gasteiger partial charge in [0.25, 0.3) is 0 Å². The molecule has 0 fully saturated rings. The molecule has 0 aliphatic carbocycles. The third-order valence-electron chi connectivity index (χ3n) is 7.17. The van der Waals surface area contributed by atoms with Gasteiger partial charge in [0.15, 0.2) is 34.3 Å². The molecule has 0 saturated carbocycles. The molecule has 0 aliphatic rings. The number of fused-ring (bicyclic) bond motifs is 1. The van der Waals surface area contributed by atoms with Crippen molar-refractivity contribution >= 4 is 34.7 Å². The Labute approximate surface area is 272 Å². The van der Waals surface area contributed by atoms with E-state index in [1.165, 1.54) is 22.6 Å². The van der Waals surface area contributed by atoms with Gasteiger partial charge in [-0.25, -0.2) is 14.6 Å². The number of esters is 2. The van der Waals surface area contributed by atoms with Crippen LogP contribution in [0.5, 0.6) is 0 Å². The van der Waals surface area contributed by atoms with E-state index in [1.807, 2.05) is 0 Å². The Hall–Kier alpha value is -4.88. The van der Waals surface area contributed by atoms with E-state index in [4.69, 9.17) is 49.9 Å². The highest BCUT2D eigenvalue weighted by Gasteiger charge is 2.43. The van der Waals surface area contributed by atoms with Gasteiger partial charge in [0.2, 0.25) is 10.9 Å². The first-order valence-electron chi connectivity index (χ1n) is 14.4. The molecule has 252 valence electrons. The van der Waals surface area contributed by atoms with Crippen molar-refractivity contribution in [2.75, 3.05) is 13.7 Å². The summed E-state index contributed by atoms with van der Waals surface area (Å²) < 4.78 is 40.1. The van der Waals surface area contributed by atoms with E-state index in [9.17, 15) is 19.2 Å². The summed E-state index contributed by atoms with van der Waals surface area (Å²) in [5.74, 6) is -0.635. The van der Waals surface area contributed by atoms with Crippen molar-refractivity contribution in [2.45, 2.75) is 72.9 Å². The highest BCUT2D eigenvalue weighted by atomic mass is 35.5. The molecule has 0 N–H and O–H groups in total. The number of aryl methyl sites for hydroxylation is 2. The molecule has 0 amide bonds. The molecule has 47 heavy (non-hydrogen) atoms. The molecule has 1 unspecified atom stereocenters. The van der Waals surface area contributed by atoms with E-state index in [0.29, 0.717) is 0 Å². The maximum Gasteiger partial charge on any atom is 0.519 e. The zero-order valence-corrected chi connectivity index (χ0v) is 27.6. The second-order valence-electron chi connectivity index (χ2n) is 11.1. The lowest BCUT2D eigenvalue weighted by molar-refractivity contribution is -0.178. The molecule has 0 bridgehead atoms. The smallest absolute Gasteiger partial charge is 0.461 e. The number of hydrogen-bond donors (Lipinski definition) is 0. The van der Waals surface area contributed by atoms with Gasteiger partial charge in [0, 0.05) is 7.11 Å². The Bertz CT molecular complexity index is 2000. The van der Waals surface area contributed by atoms with Gasteiger partial charge in [-0.3, -0.25) is 19.1 Å². The normalized spacial score (nSPS) is 14.0. The molecule has 0 spiro atoms. The number of carbonyl (C=O) groups is 2. The van der Waals surface area contributed by atoms with E-state index in [0.717, 1.165) is 0 Å². The third kappa shape index (κ3) is 7.58. The molecule has 0 aromatic carbocycles. The van der Waals surface area contributed by atoms with Gasteiger partial charge >= 0.3 is 23.6 Å². The molecule has 4 aromatic heterocycles. The van der Waals surface area contributed by atoms with Crippen molar-refractivity contribution in [1.82, 2.24) is 19.1 Å². The lowest BCUT2D eigenvalue weighted by Crippen LogP contribution is -2.52. The highest BCUT2D eigenvalue weighted by molar-refractivity contribution is 6.28. The predicted octanol–water partition coefficient (Wildman–Crippen LogP) is 2.53. The number of hydrogen-bond acceptors (Lipinski definition) is 14. The Morgan fingerprint density at radius 2 is 1.66 bits per heavy atom. The monoisotopic (exact) mass is 675 g/mol. The van der Waals surface area contributed by atoms with E-state index < -0.39 is 53.7 Å². The lowest BCUT2D eigenvalue weighted by Gasteiger charge is -2.35. The molecule has 4 aromatic rings. The summed E-state index contributed by atoms with van der Waals surface area (Å²) >= 11 is 6.69. The average molecular weight is 676 g/mol. The average Bonchev–Trinajstić information content (AvgIpc) is 3.67. The van der Waals surface area contributed by atoms with Gasteiger partial charge in [0.1, 0.15) is 24.7 Å². The van der Waals surface area contributed by atoms with E-state index in [1.54, 1.807) is 41.5 Å². The summed E-state index contributed by atoms with van der Waals surface area (Å²) in [5, 5.41) is -0.108. The first-order valence-corrected chi connectivity index (χ1v) is 14.8. The van der Waals surface area contributed by atoms with Gasteiger partial charge in [-0.1, -0.05) is 33.6 Å². The van der Waals surface area contributed by atoms with Crippen LogP contribution in [-0.4, -0.2) is 56.5 Å². The summed E-state index contributed by atoms with van der Waals surface area (Å²) in [4.78, 5) is 62.2. The van der Waals surface area contributed by atoms with Crippen LogP contribution in [0.1, 0.15) is 50.7 Å². The topological polar surface area (TPSA) is 197 Å². The Morgan fingerprint density at radius 1 is 1.04 bits per heavy atom. The fourth-order valence-electron chi connectivity index (χ4n) is 4.33. The molecule has 0 aliphatic heterocycles. The zero-order valence-electron chi connectivity index (χ0n) is 26.8. The summed E-state index contributed by atoms with van der Waals surface area (Å²) in [6, 6.07) is 0. The number of carbonyl (C=O) groups excluding carboxylic acids is 2. The van der Waals surface area contributed by atoms with Crippen LogP contribution >= 0.6 is 11.6 Å². The molecule has 4 rings (SSSR count). The van der Waals surface area contributed by atoms with Gasteiger partial charge in [0.05, 0.1) is 31.3 Å². The molecule has 2 atom stereocenters. The van der Waals surface area contributed by atoms with Gasteiger partial charge in [-0.2, -0.15) is 4.98 Å². The molecular weight excluding hydrogens is 642 g/mol. The minimum Gasteiger partial charge on any atom is -0.461 e. The second-order valence-corrected chi connectivity index (χ2v) is 11.5. The minimum atomic E-state index is -1.70. The van der Waals surface area contributed by atoms with E-state index in [2.05, 4.69) is 20.9 Å². The number of methoxy groups -OCH3 is 1. The van der Waals surface area contributed by atoms with Crippen molar-refractivity contribution in [3.05, 3.63) is 61.4 Å². The molecule has 0 radical (unpaired) electrons. The highest BCUT2D eigenvalue weighted by Crippen LogP contribution is 2.24.